The van der Waals surface area contributed by atoms with Crippen molar-refractivity contribution in [2.24, 2.45) is 5.73 Å². The van der Waals surface area contributed by atoms with Crippen LogP contribution in [-0.2, 0) is 6.42 Å². The van der Waals surface area contributed by atoms with Gasteiger partial charge in [0.2, 0.25) is 0 Å². The molecule has 0 saturated carbocycles. The van der Waals surface area contributed by atoms with Crippen molar-refractivity contribution in [1.82, 2.24) is 0 Å². The topological polar surface area (TPSA) is 72.6 Å². The molecule has 0 saturated heterocycles. The lowest BCUT2D eigenvalue weighted by Crippen LogP contribution is -2.51. The number of rotatable bonds is 0. The van der Waals surface area contributed by atoms with Crippen LogP contribution in [0.2, 0.25) is 0 Å². The van der Waals surface area contributed by atoms with Gasteiger partial charge in [-0.2, -0.15) is 0 Å². The molecule has 0 bridgehead atoms. The third-order valence-electron chi connectivity index (χ3n) is 4.17. The van der Waals surface area contributed by atoms with E-state index in [1.807, 2.05) is 26.0 Å². The Morgan fingerprint density at radius 3 is 2.84 bits per heavy atom. The molecular formula is C15H19NO3. The first-order valence-electron chi connectivity index (χ1n) is 6.73. The molecule has 0 radical (unpaired) electrons. The van der Waals surface area contributed by atoms with Crippen LogP contribution in [0.25, 0.3) is 0 Å². The summed E-state index contributed by atoms with van der Waals surface area (Å²) < 4.78 is 5.86. The van der Waals surface area contributed by atoms with Gasteiger partial charge in [0.1, 0.15) is 17.5 Å². The molecule has 2 atom stereocenters. The van der Waals surface area contributed by atoms with E-state index in [2.05, 4.69) is 0 Å². The van der Waals surface area contributed by atoms with E-state index in [1.54, 1.807) is 0 Å². The SMILES string of the molecule is CC1(C)Oc2cc3c(cc2[C@@H](N)[C@@H]1O)C(=O)CCC3. The van der Waals surface area contributed by atoms with Gasteiger partial charge in [0.15, 0.2) is 5.78 Å². The van der Waals surface area contributed by atoms with E-state index in [1.165, 1.54) is 0 Å². The van der Waals surface area contributed by atoms with Crippen LogP contribution in [0.15, 0.2) is 12.1 Å². The number of hydrogen-bond acceptors (Lipinski definition) is 4. The predicted octanol–water partition coefficient (Wildman–Crippen LogP) is 1.74. The minimum atomic E-state index is -0.781. The van der Waals surface area contributed by atoms with Gasteiger partial charge in [-0.05, 0) is 44.4 Å². The number of carbonyl (C=O) groups excluding carboxylic acids is 1. The first-order valence-corrected chi connectivity index (χ1v) is 6.73. The highest BCUT2D eigenvalue weighted by atomic mass is 16.5. The van der Waals surface area contributed by atoms with E-state index in [0.717, 1.165) is 29.5 Å². The maximum atomic E-state index is 11.9. The monoisotopic (exact) mass is 261 g/mol. The van der Waals surface area contributed by atoms with Gasteiger partial charge in [0, 0.05) is 17.5 Å². The molecular weight excluding hydrogens is 242 g/mol. The zero-order valence-electron chi connectivity index (χ0n) is 11.3. The molecule has 1 aromatic rings. The molecule has 0 aromatic heterocycles. The fraction of sp³-hybridized carbons (Fsp3) is 0.533. The van der Waals surface area contributed by atoms with Gasteiger partial charge < -0.3 is 15.6 Å². The summed E-state index contributed by atoms with van der Waals surface area (Å²) >= 11 is 0. The number of ether oxygens (including phenoxy) is 1. The summed E-state index contributed by atoms with van der Waals surface area (Å²) in [6.07, 6.45) is 1.60. The van der Waals surface area contributed by atoms with Crippen molar-refractivity contribution < 1.29 is 14.6 Å². The average Bonchev–Trinajstić information content (AvgIpc) is 2.35. The summed E-state index contributed by atoms with van der Waals surface area (Å²) in [5.41, 5.74) is 7.91. The largest absolute Gasteiger partial charge is 0.485 e. The number of carbonyl (C=O) groups is 1. The van der Waals surface area contributed by atoms with Gasteiger partial charge in [0.25, 0.3) is 0 Å². The Morgan fingerprint density at radius 2 is 2.11 bits per heavy atom. The molecule has 2 aliphatic rings. The highest BCUT2D eigenvalue weighted by molar-refractivity contribution is 5.99. The Hall–Kier alpha value is -1.39. The normalized spacial score (nSPS) is 28.3. The van der Waals surface area contributed by atoms with Crippen LogP contribution in [0.4, 0.5) is 0 Å². The molecule has 4 nitrogen and oxygen atoms in total. The number of nitrogens with two attached hydrogens (primary N) is 1. The Kier molecular flexibility index (Phi) is 2.69. The van der Waals surface area contributed by atoms with Crippen molar-refractivity contribution in [3.8, 4) is 5.75 Å². The van der Waals surface area contributed by atoms with Crippen LogP contribution in [0.5, 0.6) is 5.75 Å². The van der Waals surface area contributed by atoms with Crippen molar-refractivity contribution in [1.29, 1.82) is 0 Å². The zero-order valence-corrected chi connectivity index (χ0v) is 11.3. The van der Waals surface area contributed by atoms with E-state index in [-0.39, 0.29) is 5.78 Å². The molecule has 3 N–H and O–H groups in total. The van der Waals surface area contributed by atoms with Crippen LogP contribution in [-0.4, -0.2) is 22.6 Å². The van der Waals surface area contributed by atoms with Gasteiger partial charge in [-0.15, -0.1) is 0 Å². The van der Waals surface area contributed by atoms with E-state index >= 15 is 0 Å². The molecule has 3 rings (SSSR count). The fourth-order valence-electron chi connectivity index (χ4n) is 2.97. The number of hydrogen-bond donors (Lipinski definition) is 2. The van der Waals surface area contributed by atoms with E-state index < -0.39 is 17.7 Å². The summed E-state index contributed by atoms with van der Waals surface area (Å²) in [6.45, 7) is 3.65. The van der Waals surface area contributed by atoms with Crippen molar-refractivity contribution in [2.45, 2.75) is 50.9 Å². The summed E-state index contributed by atoms with van der Waals surface area (Å²) in [6, 6.07) is 3.23. The van der Waals surface area contributed by atoms with Crippen LogP contribution in [0.1, 0.15) is 54.2 Å². The van der Waals surface area contributed by atoms with Gasteiger partial charge in [-0.1, -0.05) is 0 Å². The van der Waals surface area contributed by atoms with Gasteiger partial charge in [-0.3, -0.25) is 4.79 Å². The quantitative estimate of drug-likeness (QED) is 0.746. The third kappa shape index (κ3) is 1.86. The number of aliphatic hydroxyl groups is 1. The maximum Gasteiger partial charge on any atom is 0.163 e. The third-order valence-corrected chi connectivity index (χ3v) is 4.17. The zero-order chi connectivity index (χ0) is 13.8. The maximum absolute atomic E-state index is 11.9. The van der Waals surface area contributed by atoms with Crippen LogP contribution >= 0.6 is 0 Å². The average molecular weight is 261 g/mol. The summed E-state index contributed by atoms with van der Waals surface area (Å²) in [5, 5.41) is 10.2. The highest BCUT2D eigenvalue weighted by Crippen LogP contribution is 2.41. The van der Waals surface area contributed by atoms with Crippen molar-refractivity contribution in [3.63, 3.8) is 0 Å². The van der Waals surface area contributed by atoms with Gasteiger partial charge in [-0.25, -0.2) is 0 Å². The summed E-state index contributed by atoms with van der Waals surface area (Å²) in [4.78, 5) is 11.9. The smallest absolute Gasteiger partial charge is 0.163 e. The predicted molar refractivity (Wildman–Crippen MR) is 71.4 cm³/mol. The highest BCUT2D eigenvalue weighted by Gasteiger charge is 2.41. The number of fused-ring (bicyclic) bond motifs is 2. The summed E-state index contributed by atoms with van der Waals surface area (Å²) in [7, 11) is 0. The Balaban J connectivity index is 2.14. The number of benzene rings is 1. The number of aliphatic hydroxyl groups excluding tert-OH is 1. The lowest BCUT2D eigenvalue weighted by atomic mass is 9.82. The lowest BCUT2D eigenvalue weighted by molar-refractivity contribution is -0.0572. The van der Waals surface area contributed by atoms with Gasteiger partial charge >= 0.3 is 0 Å². The number of Topliss-reactive ketones (excluding diaryl/α,β-unsaturated/α-hetero) is 1. The second kappa shape index (κ2) is 4.05. The molecule has 19 heavy (non-hydrogen) atoms. The van der Waals surface area contributed by atoms with Crippen LogP contribution in [0.3, 0.4) is 0 Å². The second-order valence-electron chi connectivity index (χ2n) is 6.00. The number of aryl methyl sites for hydroxylation is 1. The molecule has 1 aromatic carbocycles. The molecule has 0 amide bonds. The van der Waals surface area contributed by atoms with Crippen molar-refractivity contribution in [3.05, 3.63) is 28.8 Å². The minimum absolute atomic E-state index is 0.163. The van der Waals surface area contributed by atoms with Crippen LogP contribution < -0.4 is 10.5 Å². The van der Waals surface area contributed by atoms with E-state index in [4.69, 9.17) is 10.5 Å². The number of ketones is 1. The Bertz CT molecular complexity index is 551. The lowest BCUT2D eigenvalue weighted by Gasteiger charge is -2.41. The van der Waals surface area contributed by atoms with Crippen LogP contribution in [0, 0.1) is 0 Å². The first-order chi connectivity index (χ1) is 8.90. The molecule has 4 heteroatoms. The second-order valence-corrected chi connectivity index (χ2v) is 6.00. The molecule has 1 aliphatic carbocycles. The first kappa shape index (κ1) is 12.6. The summed E-state index contributed by atoms with van der Waals surface area (Å²) in [5.74, 6) is 0.867. The van der Waals surface area contributed by atoms with Crippen molar-refractivity contribution >= 4 is 5.78 Å². The molecule has 0 spiro atoms. The van der Waals surface area contributed by atoms with Gasteiger partial charge in [0.05, 0.1) is 6.04 Å². The van der Waals surface area contributed by atoms with Crippen molar-refractivity contribution in [2.75, 3.05) is 0 Å². The molecule has 1 aliphatic heterocycles. The minimum Gasteiger partial charge on any atom is -0.485 e. The Labute approximate surface area is 112 Å². The Morgan fingerprint density at radius 1 is 1.37 bits per heavy atom. The standard InChI is InChI=1S/C15H19NO3/c1-15(2)14(18)13(16)10-7-9-8(6-12(10)19-15)4-3-5-11(9)17/h6-7,13-14,18H,3-5,16H2,1-2H3/t13-,14+/m1/s1. The molecule has 102 valence electrons. The molecule has 0 fully saturated rings. The van der Waals surface area contributed by atoms with E-state index in [0.29, 0.717) is 12.2 Å². The molecule has 1 heterocycles. The fourth-order valence-corrected chi connectivity index (χ4v) is 2.97. The molecule has 0 unspecified atom stereocenters. The van der Waals surface area contributed by atoms with E-state index in [9.17, 15) is 9.90 Å².